The SMILES string of the molecule is COc1cc(COC2CN(C(=O)O)CC(OCc3cc(OC)c4ccccc4c3OC)C2c2ccc(OCCCOCc3ccccc3)cc2)c(OC)c2ccccc12. The van der Waals surface area contributed by atoms with Gasteiger partial charge in [-0.15, -0.1) is 0 Å². The van der Waals surface area contributed by atoms with Crippen molar-refractivity contribution < 1.29 is 47.8 Å². The van der Waals surface area contributed by atoms with Crippen LogP contribution in [0.25, 0.3) is 21.5 Å². The first kappa shape index (κ1) is 41.2. The summed E-state index contributed by atoms with van der Waals surface area (Å²) in [7, 11) is 6.54. The van der Waals surface area contributed by atoms with E-state index in [1.807, 2.05) is 115 Å². The second kappa shape index (κ2) is 19.6. The summed E-state index contributed by atoms with van der Waals surface area (Å²) < 4.78 is 48.9. The third-order valence-electron chi connectivity index (χ3n) is 10.8. The zero-order valence-corrected chi connectivity index (χ0v) is 33.9. The van der Waals surface area contributed by atoms with Crippen molar-refractivity contribution in [1.29, 1.82) is 0 Å². The summed E-state index contributed by atoms with van der Waals surface area (Å²) in [5.41, 5.74) is 3.61. The van der Waals surface area contributed by atoms with E-state index < -0.39 is 18.3 Å². The molecule has 2 atom stereocenters. The number of methoxy groups -OCH3 is 4. The lowest BCUT2D eigenvalue weighted by Crippen LogP contribution is -2.54. The number of nitrogens with zero attached hydrogens (tertiary/aromatic N) is 1. The first-order chi connectivity index (χ1) is 28.9. The first-order valence-electron chi connectivity index (χ1n) is 19.7. The van der Waals surface area contributed by atoms with Crippen LogP contribution in [0.3, 0.4) is 0 Å². The summed E-state index contributed by atoms with van der Waals surface area (Å²) >= 11 is 0. The molecular weight excluding hydrogens is 751 g/mol. The van der Waals surface area contributed by atoms with Crippen LogP contribution in [-0.2, 0) is 34.0 Å². The number of likely N-dealkylation sites (tertiary alicyclic amines) is 1. The Morgan fingerprint density at radius 1 is 0.610 bits per heavy atom. The van der Waals surface area contributed by atoms with E-state index in [1.54, 1.807) is 28.4 Å². The lowest BCUT2D eigenvalue weighted by Gasteiger charge is -2.42. The molecule has 1 heterocycles. The molecule has 1 amide bonds. The van der Waals surface area contributed by atoms with E-state index in [2.05, 4.69) is 0 Å². The van der Waals surface area contributed by atoms with Gasteiger partial charge in [0.25, 0.3) is 0 Å². The summed E-state index contributed by atoms with van der Waals surface area (Å²) in [5.74, 6) is 3.06. The molecule has 1 aliphatic heterocycles. The second-order valence-corrected chi connectivity index (χ2v) is 14.4. The summed E-state index contributed by atoms with van der Waals surface area (Å²) in [6.45, 7) is 2.16. The van der Waals surface area contributed by atoms with Crippen LogP contribution in [-0.4, -0.2) is 83.1 Å². The average molecular weight is 802 g/mol. The molecule has 0 aliphatic carbocycles. The highest BCUT2D eigenvalue weighted by molar-refractivity contribution is 5.95. The summed E-state index contributed by atoms with van der Waals surface area (Å²) in [6.07, 6.45) is -1.53. The number of amides is 1. The summed E-state index contributed by atoms with van der Waals surface area (Å²) in [5, 5.41) is 14.0. The number of hydrogen-bond donors (Lipinski definition) is 1. The fraction of sp³-hybridized carbons (Fsp3) is 0.312. The fourth-order valence-electron chi connectivity index (χ4n) is 7.94. The molecule has 1 fully saturated rings. The average Bonchev–Trinajstić information content (AvgIpc) is 3.28. The highest BCUT2D eigenvalue weighted by Gasteiger charge is 2.41. The van der Waals surface area contributed by atoms with Crippen molar-refractivity contribution in [3.8, 4) is 28.7 Å². The predicted octanol–water partition coefficient (Wildman–Crippen LogP) is 9.26. The lowest BCUT2D eigenvalue weighted by molar-refractivity contribution is -0.0940. The normalized spacial score (nSPS) is 16.5. The van der Waals surface area contributed by atoms with Gasteiger partial charge in [0, 0.05) is 45.0 Å². The van der Waals surface area contributed by atoms with Gasteiger partial charge >= 0.3 is 6.09 Å². The van der Waals surface area contributed by atoms with Crippen LogP contribution in [0, 0.1) is 0 Å². The second-order valence-electron chi connectivity index (χ2n) is 14.4. The molecule has 7 rings (SSSR count). The van der Waals surface area contributed by atoms with Gasteiger partial charge in [0.2, 0.25) is 0 Å². The van der Waals surface area contributed by atoms with Crippen LogP contribution in [0.4, 0.5) is 4.79 Å². The van der Waals surface area contributed by atoms with Crippen LogP contribution >= 0.6 is 0 Å². The smallest absolute Gasteiger partial charge is 0.407 e. The Balaban J connectivity index is 1.15. The van der Waals surface area contributed by atoms with E-state index in [4.69, 9.17) is 37.9 Å². The molecule has 11 nitrogen and oxygen atoms in total. The molecule has 308 valence electrons. The van der Waals surface area contributed by atoms with Crippen molar-refractivity contribution in [3.05, 3.63) is 138 Å². The van der Waals surface area contributed by atoms with Crippen molar-refractivity contribution in [1.82, 2.24) is 4.90 Å². The van der Waals surface area contributed by atoms with Gasteiger partial charge in [0.15, 0.2) is 0 Å². The van der Waals surface area contributed by atoms with Gasteiger partial charge in [-0.1, -0.05) is 91.0 Å². The third kappa shape index (κ3) is 9.49. The van der Waals surface area contributed by atoms with E-state index in [1.165, 1.54) is 4.90 Å². The zero-order valence-electron chi connectivity index (χ0n) is 33.9. The number of carboxylic acid groups (broad SMARTS) is 1. The minimum Gasteiger partial charge on any atom is -0.496 e. The number of fused-ring (bicyclic) bond motifs is 2. The van der Waals surface area contributed by atoms with Crippen molar-refractivity contribution in [2.45, 2.75) is 44.4 Å². The molecule has 11 heteroatoms. The lowest BCUT2D eigenvalue weighted by atomic mass is 9.84. The Hall–Kier alpha value is -6.01. The number of hydrogen-bond acceptors (Lipinski definition) is 9. The highest BCUT2D eigenvalue weighted by Crippen LogP contribution is 2.41. The number of carbonyl (C=O) groups is 1. The van der Waals surface area contributed by atoms with E-state index in [0.717, 1.165) is 56.0 Å². The van der Waals surface area contributed by atoms with E-state index in [0.29, 0.717) is 42.8 Å². The first-order valence-corrected chi connectivity index (χ1v) is 19.7. The van der Waals surface area contributed by atoms with Gasteiger partial charge in [-0.2, -0.15) is 0 Å². The maximum Gasteiger partial charge on any atom is 0.407 e. The minimum atomic E-state index is -1.06. The molecule has 1 aliphatic rings. The van der Waals surface area contributed by atoms with Gasteiger partial charge in [-0.3, -0.25) is 0 Å². The highest BCUT2D eigenvalue weighted by atomic mass is 16.5. The molecule has 1 N–H and O–H groups in total. The Labute approximate surface area is 344 Å². The van der Waals surface area contributed by atoms with Gasteiger partial charge in [0.05, 0.1) is 86.8 Å². The molecule has 6 aromatic rings. The Bertz CT molecular complexity index is 2210. The molecule has 0 saturated carbocycles. The fourth-order valence-corrected chi connectivity index (χ4v) is 7.94. The number of ether oxygens (including phenoxy) is 8. The molecule has 1 saturated heterocycles. The van der Waals surface area contributed by atoms with Gasteiger partial charge in [-0.05, 0) is 35.4 Å². The molecule has 59 heavy (non-hydrogen) atoms. The van der Waals surface area contributed by atoms with Gasteiger partial charge < -0.3 is 47.9 Å². The van der Waals surface area contributed by atoms with Gasteiger partial charge in [-0.25, -0.2) is 4.79 Å². The largest absolute Gasteiger partial charge is 0.496 e. The van der Waals surface area contributed by atoms with Crippen LogP contribution in [0.15, 0.2) is 115 Å². The van der Waals surface area contributed by atoms with E-state index in [9.17, 15) is 9.90 Å². The molecule has 0 aromatic heterocycles. The number of rotatable bonds is 18. The third-order valence-corrected chi connectivity index (χ3v) is 10.8. The Morgan fingerprint density at radius 2 is 1.12 bits per heavy atom. The van der Waals surface area contributed by atoms with Crippen LogP contribution in [0.2, 0.25) is 0 Å². The molecule has 6 aromatic carbocycles. The van der Waals surface area contributed by atoms with Crippen LogP contribution in [0.5, 0.6) is 28.7 Å². The van der Waals surface area contributed by atoms with Crippen molar-refractivity contribution in [2.24, 2.45) is 0 Å². The van der Waals surface area contributed by atoms with Crippen LogP contribution < -0.4 is 23.7 Å². The predicted molar refractivity (Wildman–Crippen MR) is 226 cm³/mol. The molecule has 0 radical (unpaired) electrons. The van der Waals surface area contributed by atoms with Crippen molar-refractivity contribution in [2.75, 3.05) is 54.7 Å². The summed E-state index contributed by atoms with van der Waals surface area (Å²) in [4.78, 5) is 14.1. The minimum absolute atomic E-state index is 0.126. The maximum atomic E-state index is 12.7. The van der Waals surface area contributed by atoms with Gasteiger partial charge in [0.1, 0.15) is 28.7 Å². The molecule has 2 unspecified atom stereocenters. The van der Waals surface area contributed by atoms with Crippen molar-refractivity contribution in [3.63, 3.8) is 0 Å². The quantitative estimate of drug-likeness (QED) is 0.0844. The zero-order chi connectivity index (χ0) is 41.1. The molecule has 0 bridgehead atoms. The Morgan fingerprint density at radius 3 is 1.61 bits per heavy atom. The maximum absolute atomic E-state index is 12.7. The standard InChI is InChI=1S/C48H51NO10/c1-52-41-25-34(46(54-3)39-17-10-8-15-37(39)41)30-58-43-27-49(48(50)51)28-44(59-31-35-26-42(53-2)38-16-9-11-18-40(38)47(35)55-4)45(43)33-19-21-36(22-20-33)57-24-12-23-56-29-32-13-6-5-7-14-32/h5-11,13-22,25-26,43-45H,12,23-24,27-31H2,1-4H3,(H,50,51). The summed E-state index contributed by atoms with van der Waals surface area (Å²) in [6, 6.07) is 37.6. The monoisotopic (exact) mass is 801 g/mol. The Kier molecular flexibility index (Phi) is 13.7. The van der Waals surface area contributed by atoms with E-state index in [-0.39, 0.29) is 32.2 Å². The van der Waals surface area contributed by atoms with Crippen molar-refractivity contribution >= 4 is 27.6 Å². The number of benzene rings is 6. The number of piperidine rings is 1. The molecule has 0 spiro atoms. The topological polar surface area (TPSA) is 114 Å². The molecular formula is C48H51NO10. The van der Waals surface area contributed by atoms with Crippen LogP contribution in [0.1, 0.15) is 34.6 Å². The van der Waals surface area contributed by atoms with E-state index >= 15 is 0 Å².